The predicted molar refractivity (Wildman–Crippen MR) is 90.7 cm³/mol. The van der Waals surface area contributed by atoms with Gasteiger partial charge in [-0.15, -0.1) is 0 Å². The van der Waals surface area contributed by atoms with Crippen molar-refractivity contribution < 1.29 is 4.39 Å². The maximum Gasteiger partial charge on any atom is 0.127 e. The minimum absolute atomic E-state index is 0.0561. The van der Waals surface area contributed by atoms with Gasteiger partial charge in [-0.1, -0.05) is 52.1 Å². The summed E-state index contributed by atoms with van der Waals surface area (Å²) < 4.78 is 14.9. The molecule has 1 atom stereocenters. The van der Waals surface area contributed by atoms with Gasteiger partial charge in [0, 0.05) is 26.1 Å². The molecule has 2 rings (SSSR count). The average Bonchev–Trinajstić information content (AvgIpc) is 2.40. The first kappa shape index (κ1) is 16.8. The summed E-state index contributed by atoms with van der Waals surface area (Å²) in [5.41, 5.74) is 1.51. The lowest BCUT2D eigenvalue weighted by molar-refractivity contribution is 0.528. The lowest BCUT2D eigenvalue weighted by Gasteiger charge is -2.20. The van der Waals surface area contributed by atoms with E-state index in [1.54, 1.807) is 12.1 Å². The molecule has 0 heterocycles. The van der Waals surface area contributed by atoms with Crippen molar-refractivity contribution in [3.8, 4) is 0 Å². The summed E-state index contributed by atoms with van der Waals surface area (Å²) in [7, 11) is 0. The molecule has 0 aliphatic rings. The molecule has 0 spiro atoms. The van der Waals surface area contributed by atoms with Crippen molar-refractivity contribution in [2.75, 3.05) is 6.54 Å². The first-order chi connectivity index (χ1) is 10.0. The molecule has 0 amide bonds. The van der Waals surface area contributed by atoms with Gasteiger partial charge in [-0.2, -0.15) is 0 Å². The van der Waals surface area contributed by atoms with Crippen molar-refractivity contribution in [2.24, 2.45) is 0 Å². The molecule has 0 fully saturated rings. The molecule has 21 heavy (non-hydrogen) atoms. The third-order valence-corrected chi connectivity index (χ3v) is 4.24. The summed E-state index contributed by atoms with van der Waals surface area (Å²) in [6.45, 7) is 2.77. The number of halogens is 4. The van der Waals surface area contributed by atoms with E-state index in [9.17, 15) is 4.39 Å². The normalized spacial score (nSPS) is 12.4. The van der Waals surface area contributed by atoms with Crippen LogP contribution in [0.5, 0.6) is 0 Å². The SMILES string of the molecule is CCNC(Cc1c(F)cccc1Cl)c1cc(Cl)cc(Br)c1. The first-order valence-corrected chi connectivity index (χ1v) is 8.18. The molecule has 0 aromatic heterocycles. The summed E-state index contributed by atoms with van der Waals surface area (Å²) in [5, 5.41) is 4.44. The van der Waals surface area contributed by atoms with Gasteiger partial charge in [0.25, 0.3) is 0 Å². The fourth-order valence-electron chi connectivity index (χ4n) is 2.26. The van der Waals surface area contributed by atoms with Gasteiger partial charge in [-0.25, -0.2) is 4.39 Å². The Labute approximate surface area is 142 Å². The van der Waals surface area contributed by atoms with Crippen LogP contribution in [0.4, 0.5) is 4.39 Å². The molecule has 0 aliphatic carbocycles. The number of benzene rings is 2. The summed E-state index contributed by atoms with van der Waals surface area (Å²) in [5.74, 6) is -0.286. The van der Waals surface area contributed by atoms with E-state index in [0.29, 0.717) is 22.0 Å². The van der Waals surface area contributed by atoms with Crippen LogP contribution in [0, 0.1) is 5.82 Å². The van der Waals surface area contributed by atoms with Crippen molar-refractivity contribution in [1.29, 1.82) is 0 Å². The van der Waals surface area contributed by atoms with Crippen molar-refractivity contribution in [3.05, 3.63) is 67.9 Å². The minimum atomic E-state index is -0.286. The highest BCUT2D eigenvalue weighted by molar-refractivity contribution is 9.10. The Kier molecular flexibility index (Phi) is 6.06. The molecule has 5 heteroatoms. The fourth-order valence-corrected chi connectivity index (χ4v) is 3.39. The number of hydrogen-bond acceptors (Lipinski definition) is 1. The van der Waals surface area contributed by atoms with Crippen LogP contribution in [0.1, 0.15) is 24.1 Å². The van der Waals surface area contributed by atoms with Gasteiger partial charge in [0.2, 0.25) is 0 Å². The van der Waals surface area contributed by atoms with E-state index >= 15 is 0 Å². The van der Waals surface area contributed by atoms with Crippen LogP contribution in [0.25, 0.3) is 0 Å². The predicted octanol–water partition coefficient (Wildman–Crippen LogP) is 5.79. The maximum atomic E-state index is 14.0. The molecular formula is C16H15BrCl2FN. The van der Waals surface area contributed by atoms with E-state index in [0.717, 1.165) is 16.6 Å². The minimum Gasteiger partial charge on any atom is -0.310 e. The Balaban J connectivity index is 2.35. The van der Waals surface area contributed by atoms with Crippen LogP contribution >= 0.6 is 39.1 Å². The zero-order valence-corrected chi connectivity index (χ0v) is 14.6. The largest absolute Gasteiger partial charge is 0.310 e. The molecule has 0 saturated carbocycles. The zero-order valence-electron chi connectivity index (χ0n) is 11.5. The molecule has 0 aliphatic heterocycles. The Morgan fingerprint density at radius 1 is 1.24 bits per heavy atom. The first-order valence-electron chi connectivity index (χ1n) is 6.63. The molecule has 0 saturated heterocycles. The Bertz CT molecular complexity index is 593. The Morgan fingerprint density at radius 2 is 2.00 bits per heavy atom. The molecule has 0 radical (unpaired) electrons. The third-order valence-electron chi connectivity index (χ3n) is 3.21. The molecule has 1 nitrogen and oxygen atoms in total. The van der Waals surface area contributed by atoms with Crippen molar-refractivity contribution in [3.63, 3.8) is 0 Å². The van der Waals surface area contributed by atoms with E-state index in [4.69, 9.17) is 23.2 Å². The van der Waals surface area contributed by atoms with Crippen LogP contribution in [-0.4, -0.2) is 6.54 Å². The smallest absolute Gasteiger partial charge is 0.127 e. The van der Waals surface area contributed by atoms with E-state index in [1.165, 1.54) is 6.07 Å². The lowest BCUT2D eigenvalue weighted by atomic mass is 9.98. The summed E-state index contributed by atoms with van der Waals surface area (Å²) in [6.07, 6.45) is 0.464. The Hall–Kier alpha value is -0.610. The van der Waals surface area contributed by atoms with Crippen LogP contribution in [0.15, 0.2) is 40.9 Å². The third kappa shape index (κ3) is 4.43. The topological polar surface area (TPSA) is 12.0 Å². The van der Waals surface area contributed by atoms with Gasteiger partial charge in [-0.3, -0.25) is 0 Å². The molecule has 2 aromatic rings. The van der Waals surface area contributed by atoms with Crippen LogP contribution in [0.3, 0.4) is 0 Å². The van der Waals surface area contributed by atoms with E-state index in [1.807, 2.05) is 25.1 Å². The van der Waals surface area contributed by atoms with Gasteiger partial charge in [0.05, 0.1) is 0 Å². The molecule has 1 unspecified atom stereocenters. The van der Waals surface area contributed by atoms with Gasteiger partial charge in [-0.05, 0) is 48.9 Å². The van der Waals surface area contributed by atoms with Gasteiger partial charge in [0.15, 0.2) is 0 Å². The van der Waals surface area contributed by atoms with Gasteiger partial charge >= 0.3 is 0 Å². The second-order valence-electron chi connectivity index (χ2n) is 4.72. The van der Waals surface area contributed by atoms with E-state index < -0.39 is 0 Å². The highest BCUT2D eigenvalue weighted by atomic mass is 79.9. The van der Waals surface area contributed by atoms with Crippen LogP contribution < -0.4 is 5.32 Å². The summed E-state index contributed by atoms with van der Waals surface area (Å²) >= 11 is 15.7. The van der Waals surface area contributed by atoms with Crippen molar-refractivity contribution >= 4 is 39.1 Å². The lowest BCUT2D eigenvalue weighted by Crippen LogP contribution is -2.23. The summed E-state index contributed by atoms with van der Waals surface area (Å²) in [4.78, 5) is 0. The molecular weight excluding hydrogens is 376 g/mol. The average molecular weight is 391 g/mol. The summed E-state index contributed by atoms with van der Waals surface area (Å²) in [6, 6.07) is 10.4. The highest BCUT2D eigenvalue weighted by Crippen LogP contribution is 2.29. The number of nitrogens with one attached hydrogen (secondary N) is 1. The quantitative estimate of drug-likeness (QED) is 0.681. The fraction of sp³-hybridized carbons (Fsp3) is 0.250. The zero-order chi connectivity index (χ0) is 15.4. The van der Waals surface area contributed by atoms with Crippen LogP contribution in [0.2, 0.25) is 10.0 Å². The van der Waals surface area contributed by atoms with Gasteiger partial charge < -0.3 is 5.32 Å². The van der Waals surface area contributed by atoms with Crippen LogP contribution in [-0.2, 0) is 6.42 Å². The number of rotatable bonds is 5. The number of likely N-dealkylation sites (N-methyl/N-ethyl adjacent to an activating group) is 1. The maximum absolute atomic E-state index is 14.0. The van der Waals surface area contributed by atoms with Crippen molar-refractivity contribution in [2.45, 2.75) is 19.4 Å². The molecule has 1 N–H and O–H groups in total. The van der Waals surface area contributed by atoms with Gasteiger partial charge in [0.1, 0.15) is 5.82 Å². The molecule has 0 bridgehead atoms. The Morgan fingerprint density at radius 3 is 2.62 bits per heavy atom. The standard InChI is InChI=1S/C16H15BrCl2FN/c1-2-21-16(10-6-11(17)8-12(18)7-10)9-13-14(19)4-3-5-15(13)20/h3-8,16,21H,2,9H2,1H3. The molecule has 112 valence electrons. The second kappa shape index (κ2) is 7.59. The van der Waals surface area contributed by atoms with E-state index in [2.05, 4.69) is 21.2 Å². The molecule has 2 aromatic carbocycles. The highest BCUT2D eigenvalue weighted by Gasteiger charge is 2.17. The second-order valence-corrected chi connectivity index (χ2v) is 6.48. The monoisotopic (exact) mass is 389 g/mol. The number of hydrogen-bond donors (Lipinski definition) is 1. The van der Waals surface area contributed by atoms with E-state index in [-0.39, 0.29) is 11.9 Å². The van der Waals surface area contributed by atoms with Crippen molar-refractivity contribution in [1.82, 2.24) is 5.32 Å².